The molecule has 3 rings (SSSR count). The average Bonchev–Trinajstić information content (AvgIpc) is 2.74. The van der Waals surface area contributed by atoms with Crippen LogP contribution in [0.1, 0.15) is 11.1 Å². The van der Waals surface area contributed by atoms with E-state index in [0.717, 1.165) is 15.5 Å². The monoisotopic (exact) mass is 423 g/mol. The molecule has 2 N–H and O–H groups in total. The van der Waals surface area contributed by atoms with Gasteiger partial charge in [-0.1, -0.05) is 59.9 Å². The lowest BCUT2D eigenvalue weighted by Gasteiger charge is -2.04. The Labute approximate surface area is 176 Å². The van der Waals surface area contributed by atoms with Crippen molar-refractivity contribution in [3.05, 3.63) is 94.2 Å². The van der Waals surface area contributed by atoms with Crippen molar-refractivity contribution in [2.45, 2.75) is 15.7 Å². The topological polar surface area (TPSA) is 107 Å². The minimum absolute atomic E-state index is 0.0211. The molecule has 0 unspecified atom stereocenters. The van der Waals surface area contributed by atoms with Crippen LogP contribution >= 0.6 is 23.5 Å². The summed E-state index contributed by atoms with van der Waals surface area (Å²) in [7, 11) is 0. The van der Waals surface area contributed by atoms with Gasteiger partial charge >= 0.3 is 0 Å². The minimum atomic E-state index is -0.445. The average molecular weight is 424 g/mol. The molecule has 0 aliphatic rings. The Morgan fingerprint density at radius 2 is 1.93 bits per heavy atom. The molecule has 146 valence electrons. The van der Waals surface area contributed by atoms with Crippen molar-refractivity contribution >= 4 is 40.6 Å². The predicted molar refractivity (Wildman–Crippen MR) is 118 cm³/mol. The molecule has 3 aromatic rings. The Hall–Kier alpha value is -3.17. The van der Waals surface area contributed by atoms with Crippen molar-refractivity contribution in [2.75, 3.05) is 0 Å². The maximum atomic E-state index is 11.1. The molecule has 0 radical (unpaired) electrons. The molecule has 0 aliphatic heterocycles. The van der Waals surface area contributed by atoms with E-state index in [0.29, 0.717) is 16.5 Å². The molecule has 0 spiro atoms. The number of rotatable bonds is 7. The fourth-order valence-corrected chi connectivity index (χ4v) is 3.73. The molecule has 1 heterocycles. The summed E-state index contributed by atoms with van der Waals surface area (Å²) in [6, 6.07) is 20.1. The summed E-state index contributed by atoms with van der Waals surface area (Å²) in [5.74, 6) is 0.684. The van der Waals surface area contributed by atoms with Gasteiger partial charge in [0.15, 0.2) is 5.17 Å². The summed E-state index contributed by atoms with van der Waals surface area (Å²) < 4.78 is 0. The SMILES string of the molecule is NC(=NN=Cc1cc([N+](=O)[O-])ccc1Sc1ccccn1)SCc1ccccc1. The molecular weight excluding hydrogens is 406 g/mol. The fraction of sp³-hybridized carbons (Fsp3) is 0.0500. The third-order valence-corrected chi connectivity index (χ3v) is 5.54. The van der Waals surface area contributed by atoms with Crippen LogP contribution in [0.3, 0.4) is 0 Å². The zero-order chi connectivity index (χ0) is 20.5. The van der Waals surface area contributed by atoms with E-state index in [4.69, 9.17) is 5.73 Å². The van der Waals surface area contributed by atoms with Gasteiger partial charge in [-0.2, -0.15) is 5.10 Å². The highest BCUT2D eigenvalue weighted by Crippen LogP contribution is 2.30. The number of non-ortho nitro benzene ring substituents is 1. The van der Waals surface area contributed by atoms with Crippen molar-refractivity contribution in [3.63, 3.8) is 0 Å². The van der Waals surface area contributed by atoms with Crippen LogP contribution in [-0.4, -0.2) is 21.3 Å². The highest BCUT2D eigenvalue weighted by Gasteiger charge is 2.11. The van der Waals surface area contributed by atoms with E-state index in [-0.39, 0.29) is 5.69 Å². The molecule has 0 fully saturated rings. The van der Waals surface area contributed by atoms with E-state index in [1.807, 2.05) is 48.5 Å². The smallest absolute Gasteiger partial charge is 0.270 e. The number of benzene rings is 2. The largest absolute Gasteiger partial charge is 0.377 e. The number of hydrogen-bond donors (Lipinski definition) is 1. The first-order valence-corrected chi connectivity index (χ1v) is 10.3. The second-order valence-electron chi connectivity index (χ2n) is 5.71. The third-order valence-electron chi connectivity index (χ3n) is 3.64. The first kappa shape index (κ1) is 20.6. The van der Waals surface area contributed by atoms with Crippen LogP contribution in [0.25, 0.3) is 0 Å². The van der Waals surface area contributed by atoms with Crippen molar-refractivity contribution in [2.24, 2.45) is 15.9 Å². The summed E-state index contributed by atoms with van der Waals surface area (Å²) in [5.41, 5.74) is 7.58. The second kappa shape index (κ2) is 10.4. The van der Waals surface area contributed by atoms with Gasteiger partial charge in [0.2, 0.25) is 0 Å². The third kappa shape index (κ3) is 6.44. The Morgan fingerprint density at radius 1 is 1.14 bits per heavy atom. The Kier molecular flexibility index (Phi) is 7.37. The first-order chi connectivity index (χ1) is 14.1. The number of amidine groups is 1. The van der Waals surface area contributed by atoms with Crippen LogP contribution in [0, 0.1) is 10.1 Å². The van der Waals surface area contributed by atoms with E-state index in [1.165, 1.54) is 41.9 Å². The molecular formula is C20H17N5O2S2. The van der Waals surface area contributed by atoms with Crippen molar-refractivity contribution in [1.29, 1.82) is 0 Å². The molecule has 9 heteroatoms. The summed E-state index contributed by atoms with van der Waals surface area (Å²) >= 11 is 2.76. The summed E-state index contributed by atoms with van der Waals surface area (Å²) in [4.78, 5) is 15.7. The molecule has 0 aliphatic carbocycles. The van der Waals surface area contributed by atoms with Crippen LogP contribution in [0.5, 0.6) is 0 Å². The Balaban J connectivity index is 1.74. The van der Waals surface area contributed by atoms with Gasteiger partial charge in [0, 0.05) is 34.5 Å². The highest BCUT2D eigenvalue weighted by atomic mass is 32.2. The number of pyridine rings is 1. The van der Waals surface area contributed by atoms with Gasteiger partial charge in [-0.25, -0.2) is 4.98 Å². The van der Waals surface area contributed by atoms with E-state index < -0.39 is 4.92 Å². The van der Waals surface area contributed by atoms with Gasteiger partial charge in [-0.05, 0) is 23.8 Å². The quantitative estimate of drug-likeness (QED) is 0.255. The van der Waals surface area contributed by atoms with E-state index in [1.54, 1.807) is 12.3 Å². The van der Waals surface area contributed by atoms with Gasteiger partial charge in [-0.15, -0.1) is 5.10 Å². The number of nitro groups is 1. The minimum Gasteiger partial charge on any atom is -0.377 e. The number of thioether (sulfide) groups is 1. The molecule has 0 saturated heterocycles. The lowest BCUT2D eigenvalue weighted by molar-refractivity contribution is -0.384. The summed E-state index contributed by atoms with van der Waals surface area (Å²) in [6.45, 7) is 0. The lowest BCUT2D eigenvalue weighted by Crippen LogP contribution is -2.06. The van der Waals surface area contributed by atoms with Crippen molar-refractivity contribution < 1.29 is 4.92 Å². The zero-order valence-electron chi connectivity index (χ0n) is 15.2. The molecule has 0 saturated carbocycles. The maximum Gasteiger partial charge on any atom is 0.270 e. The fourth-order valence-electron chi connectivity index (χ4n) is 2.27. The summed E-state index contributed by atoms with van der Waals surface area (Å²) in [5, 5.41) is 20.2. The second-order valence-corrected chi connectivity index (χ2v) is 7.76. The van der Waals surface area contributed by atoms with Gasteiger partial charge in [0.25, 0.3) is 5.69 Å². The Bertz CT molecular complexity index is 1030. The van der Waals surface area contributed by atoms with Gasteiger partial charge < -0.3 is 5.73 Å². The number of hydrogen-bond acceptors (Lipinski definition) is 7. The molecule has 0 amide bonds. The molecule has 1 aromatic heterocycles. The number of aromatic nitrogens is 1. The summed E-state index contributed by atoms with van der Waals surface area (Å²) in [6.07, 6.45) is 3.16. The van der Waals surface area contributed by atoms with Crippen LogP contribution < -0.4 is 5.73 Å². The van der Waals surface area contributed by atoms with E-state index in [2.05, 4.69) is 15.2 Å². The van der Waals surface area contributed by atoms with Crippen molar-refractivity contribution in [3.8, 4) is 0 Å². The first-order valence-electron chi connectivity index (χ1n) is 8.52. The van der Waals surface area contributed by atoms with Gasteiger partial charge in [0.05, 0.1) is 11.1 Å². The molecule has 2 aromatic carbocycles. The molecule has 0 atom stereocenters. The molecule has 7 nitrogen and oxygen atoms in total. The normalized spacial score (nSPS) is 11.7. The number of nitrogens with two attached hydrogens (primary N) is 1. The lowest BCUT2D eigenvalue weighted by atomic mass is 10.2. The van der Waals surface area contributed by atoms with Crippen LogP contribution in [-0.2, 0) is 5.75 Å². The van der Waals surface area contributed by atoms with Gasteiger partial charge in [0.1, 0.15) is 5.03 Å². The van der Waals surface area contributed by atoms with Crippen LogP contribution in [0.4, 0.5) is 5.69 Å². The standard InChI is InChI=1S/C20H17N5O2S2/c21-20(28-14-15-6-2-1-3-7-15)24-23-13-16-12-17(25(26)27)9-10-18(16)29-19-8-4-5-11-22-19/h1-13H,14H2,(H2,21,24). The Morgan fingerprint density at radius 3 is 2.66 bits per heavy atom. The number of nitro benzene ring substituents is 1. The van der Waals surface area contributed by atoms with E-state index >= 15 is 0 Å². The maximum absolute atomic E-state index is 11.1. The number of nitrogens with zero attached hydrogens (tertiary/aromatic N) is 4. The predicted octanol–water partition coefficient (Wildman–Crippen LogP) is 4.72. The highest BCUT2D eigenvalue weighted by molar-refractivity contribution is 8.13. The van der Waals surface area contributed by atoms with Crippen LogP contribution in [0.15, 0.2) is 93.1 Å². The van der Waals surface area contributed by atoms with Gasteiger partial charge in [-0.3, -0.25) is 10.1 Å². The van der Waals surface area contributed by atoms with Crippen LogP contribution in [0.2, 0.25) is 0 Å². The molecule has 0 bridgehead atoms. The zero-order valence-corrected chi connectivity index (χ0v) is 16.8. The molecule has 29 heavy (non-hydrogen) atoms. The van der Waals surface area contributed by atoms with Crippen molar-refractivity contribution in [1.82, 2.24) is 4.98 Å². The van der Waals surface area contributed by atoms with E-state index in [9.17, 15) is 10.1 Å².